The Morgan fingerprint density at radius 1 is 1.15 bits per heavy atom. The lowest BCUT2D eigenvalue weighted by Crippen LogP contribution is -2.26. The summed E-state index contributed by atoms with van der Waals surface area (Å²) in [5, 5.41) is 11.1. The Hall–Kier alpha value is -3.16. The summed E-state index contributed by atoms with van der Waals surface area (Å²) in [7, 11) is 3.15. The molecule has 0 radical (unpaired) electrons. The van der Waals surface area contributed by atoms with Gasteiger partial charge in [-0.15, -0.1) is 10.2 Å². The van der Waals surface area contributed by atoms with Crippen LogP contribution >= 0.6 is 0 Å². The quantitative estimate of drug-likeness (QED) is 0.722. The van der Waals surface area contributed by atoms with E-state index in [0.717, 1.165) is 17.0 Å². The molecule has 3 aromatic rings. The van der Waals surface area contributed by atoms with Crippen LogP contribution in [0.1, 0.15) is 22.8 Å². The summed E-state index contributed by atoms with van der Waals surface area (Å²) >= 11 is 0. The van der Waals surface area contributed by atoms with Crippen molar-refractivity contribution in [3.8, 4) is 11.5 Å². The standard InChI is InChI=1S/C18H21N5O3/c1-11-7-12(2)23-16(21-22-18(23)20-11)10-19-17(24)8-13-5-6-14(25-3)9-15(13)26-4/h5-7,9H,8,10H2,1-4H3,(H,19,24). The molecular weight excluding hydrogens is 334 g/mol. The zero-order valence-corrected chi connectivity index (χ0v) is 15.2. The first-order chi connectivity index (χ1) is 12.5. The topological polar surface area (TPSA) is 90.6 Å². The highest BCUT2D eigenvalue weighted by molar-refractivity contribution is 5.79. The first kappa shape index (κ1) is 17.7. The first-order valence-corrected chi connectivity index (χ1v) is 8.17. The average molecular weight is 355 g/mol. The molecule has 0 fully saturated rings. The van der Waals surface area contributed by atoms with Crippen molar-refractivity contribution in [2.75, 3.05) is 14.2 Å². The Morgan fingerprint density at radius 2 is 1.96 bits per heavy atom. The van der Waals surface area contributed by atoms with Gasteiger partial charge in [-0.05, 0) is 26.0 Å². The summed E-state index contributed by atoms with van der Waals surface area (Å²) in [4.78, 5) is 16.7. The Balaban J connectivity index is 1.70. The highest BCUT2D eigenvalue weighted by atomic mass is 16.5. The van der Waals surface area contributed by atoms with Crippen LogP contribution in [0, 0.1) is 13.8 Å². The Bertz CT molecular complexity index is 951. The molecule has 26 heavy (non-hydrogen) atoms. The van der Waals surface area contributed by atoms with Gasteiger partial charge in [0.25, 0.3) is 5.78 Å². The van der Waals surface area contributed by atoms with E-state index in [2.05, 4.69) is 20.5 Å². The molecule has 2 heterocycles. The van der Waals surface area contributed by atoms with E-state index in [0.29, 0.717) is 23.1 Å². The predicted molar refractivity (Wildman–Crippen MR) is 95.4 cm³/mol. The van der Waals surface area contributed by atoms with Crippen LogP contribution in [0.5, 0.6) is 11.5 Å². The molecule has 0 aliphatic carbocycles. The van der Waals surface area contributed by atoms with Crippen LogP contribution < -0.4 is 14.8 Å². The molecular formula is C18H21N5O3. The first-order valence-electron chi connectivity index (χ1n) is 8.17. The van der Waals surface area contributed by atoms with E-state index in [-0.39, 0.29) is 18.9 Å². The molecule has 0 saturated carbocycles. The van der Waals surface area contributed by atoms with Crippen LogP contribution in [0.15, 0.2) is 24.3 Å². The Labute approximate surface area is 151 Å². The molecule has 2 aromatic heterocycles. The number of nitrogens with zero attached hydrogens (tertiary/aromatic N) is 4. The summed E-state index contributed by atoms with van der Waals surface area (Å²) in [6.07, 6.45) is 0.195. The van der Waals surface area contributed by atoms with Gasteiger partial charge in [0.1, 0.15) is 11.5 Å². The van der Waals surface area contributed by atoms with Gasteiger partial charge in [0, 0.05) is 23.0 Å². The molecule has 136 valence electrons. The van der Waals surface area contributed by atoms with E-state index in [9.17, 15) is 4.79 Å². The van der Waals surface area contributed by atoms with Crippen LogP contribution in [0.2, 0.25) is 0 Å². The van der Waals surface area contributed by atoms with Gasteiger partial charge in [-0.1, -0.05) is 6.07 Å². The molecule has 1 N–H and O–H groups in total. The third kappa shape index (κ3) is 3.58. The van der Waals surface area contributed by atoms with Gasteiger partial charge < -0.3 is 14.8 Å². The third-order valence-electron chi connectivity index (χ3n) is 4.05. The number of carbonyl (C=O) groups excluding carboxylic acids is 1. The van der Waals surface area contributed by atoms with Gasteiger partial charge in [0.2, 0.25) is 5.91 Å². The highest BCUT2D eigenvalue weighted by Crippen LogP contribution is 2.24. The third-order valence-corrected chi connectivity index (χ3v) is 4.05. The lowest BCUT2D eigenvalue weighted by molar-refractivity contribution is -0.120. The van der Waals surface area contributed by atoms with Crippen LogP contribution in [-0.4, -0.2) is 39.7 Å². The van der Waals surface area contributed by atoms with Gasteiger partial charge in [-0.3, -0.25) is 9.20 Å². The second kappa shape index (κ2) is 7.38. The Morgan fingerprint density at radius 3 is 2.69 bits per heavy atom. The van der Waals surface area contributed by atoms with Gasteiger partial charge >= 0.3 is 0 Å². The maximum absolute atomic E-state index is 12.3. The number of nitrogens with one attached hydrogen (secondary N) is 1. The summed E-state index contributed by atoms with van der Waals surface area (Å²) < 4.78 is 12.3. The minimum atomic E-state index is -0.136. The lowest BCUT2D eigenvalue weighted by atomic mass is 10.1. The molecule has 8 heteroatoms. The maximum Gasteiger partial charge on any atom is 0.255 e. The van der Waals surface area contributed by atoms with Crippen LogP contribution in [0.3, 0.4) is 0 Å². The van der Waals surface area contributed by atoms with Crippen molar-refractivity contribution in [2.45, 2.75) is 26.8 Å². The number of benzene rings is 1. The fourth-order valence-corrected chi connectivity index (χ4v) is 2.82. The molecule has 0 spiro atoms. The van der Waals surface area contributed by atoms with Crippen molar-refractivity contribution in [1.82, 2.24) is 24.9 Å². The van der Waals surface area contributed by atoms with Crippen LogP contribution in [0.25, 0.3) is 5.78 Å². The molecule has 0 atom stereocenters. The van der Waals surface area contributed by atoms with Crippen molar-refractivity contribution in [2.24, 2.45) is 0 Å². The number of rotatable bonds is 6. The number of aryl methyl sites for hydroxylation is 2. The minimum absolute atomic E-state index is 0.136. The number of carbonyl (C=O) groups is 1. The molecule has 3 rings (SSSR count). The fourth-order valence-electron chi connectivity index (χ4n) is 2.82. The molecule has 0 aliphatic rings. The average Bonchev–Trinajstić information content (AvgIpc) is 3.03. The van der Waals surface area contributed by atoms with Crippen molar-refractivity contribution in [3.05, 3.63) is 47.0 Å². The summed E-state index contributed by atoms with van der Waals surface area (Å²) in [6, 6.07) is 7.32. The molecule has 8 nitrogen and oxygen atoms in total. The normalized spacial score (nSPS) is 10.8. The largest absolute Gasteiger partial charge is 0.497 e. The lowest BCUT2D eigenvalue weighted by Gasteiger charge is -2.10. The summed E-state index contributed by atoms with van der Waals surface area (Å²) in [5.74, 6) is 2.33. The van der Waals surface area contributed by atoms with E-state index in [4.69, 9.17) is 9.47 Å². The molecule has 0 saturated heterocycles. The van der Waals surface area contributed by atoms with Gasteiger partial charge in [0.05, 0.1) is 27.2 Å². The highest BCUT2D eigenvalue weighted by Gasteiger charge is 2.13. The number of fused-ring (bicyclic) bond motifs is 1. The molecule has 0 aliphatic heterocycles. The second-order valence-corrected chi connectivity index (χ2v) is 5.92. The van der Waals surface area contributed by atoms with E-state index >= 15 is 0 Å². The van der Waals surface area contributed by atoms with Crippen molar-refractivity contribution >= 4 is 11.7 Å². The van der Waals surface area contributed by atoms with Crippen LogP contribution in [-0.2, 0) is 17.8 Å². The summed E-state index contributed by atoms with van der Waals surface area (Å²) in [6.45, 7) is 4.13. The number of amides is 1. The summed E-state index contributed by atoms with van der Waals surface area (Å²) in [5.41, 5.74) is 2.63. The Kier molecular flexibility index (Phi) is 5.01. The van der Waals surface area contributed by atoms with E-state index in [1.54, 1.807) is 26.4 Å². The number of hydrogen-bond donors (Lipinski definition) is 1. The molecule has 1 amide bonds. The van der Waals surface area contributed by atoms with E-state index in [1.807, 2.05) is 30.4 Å². The second-order valence-electron chi connectivity index (χ2n) is 5.92. The SMILES string of the molecule is COc1ccc(CC(=O)NCc2nnc3nc(C)cc(C)n23)c(OC)c1. The number of hydrogen-bond acceptors (Lipinski definition) is 6. The fraction of sp³-hybridized carbons (Fsp3) is 0.333. The smallest absolute Gasteiger partial charge is 0.255 e. The monoisotopic (exact) mass is 355 g/mol. The number of aromatic nitrogens is 4. The zero-order valence-electron chi connectivity index (χ0n) is 15.2. The molecule has 0 bridgehead atoms. The number of ether oxygens (including phenoxy) is 2. The minimum Gasteiger partial charge on any atom is -0.497 e. The van der Waals surface area contributed by atoms with Crippen molar-refractivity contribution in [1.29, 1.82) is 0 Å². The van der Waals surface area contributed by atoms with E-state index in [1.165, 1.54) is 0 Å². The maximum atomic E-state index is 12.3. The van der Waals surface area contributed by atoms with Crippen molar-refractivity contribution in [3.63, 3.8) is 0 Å². The molecule has 1 aromatic carbocycles. The van der Waals surface area contributed by atoms with Gasteiger partial charge in [-0.25, -0.2) is 4.98 Å². The van der Waals surface area contributed by atoms with Crippen LogP contribution in [0.4, 0.5) is 0 Å². The van der Waals surface area contributed by atoms with E-state index < -0.39 is 0 Å². The zero-order chi connectivity index (χ0) is 18.7. The molecule has 0 unspecified atom stereocenters. The predicted octanol–water partition coefficient (Wildman–Crippen LogP) is 1.62. The number of methoxy groups -OCH3 is 2. The van der Waals surface area contributed by atoms with Gasteiger partial charge in [-0.2, -0.15) is 0 Å². The van der Waals surface area contributed by atoms with Crippen molar-refractivity contribution < 1.29 is 14.3 Å². The van der Waals surface area contributed by atoms with Gasteiger partial charge in [0.15, 0.2) is 5.82 Å².